The summed E-state index contributed by atoms with van der Waals surface area (Å²) in [6.07, 6.45) is 9.39. The minimum absolute atomic E-state index is 0.338. The standard InChI is InChI=1S/C15H31NO2/c1-3-5-6-7-11-17-13-15-9-8-14(18-15)12-16-10-4-2/h14-16H,3-13H2,1-2H3. The first-order valence-corrected chi connectivity index (χ1v) is 7.80. The topological polar surface area (TPSA) is 30.5 Å². The lowest BCUT2D eigenvalue weighted by Gasteiger charge is -2.14. The van der Waals surface area contributed by atoms with E-state index in [2.05, 4.69) is 19.2 Å². The number of unbranched alkanes of at least 4 members (excludes halogenated alkanes) is 3. The molecule has 0 aliphatic carbocycles. The second-order valence-corrected chi connectivity index (χ2v) is 5.30. The van der Waals surface area contributed by atoms with Gasteiger partial charge in [-0.1, -0.05) is 33.1 Å². The Balaban J connectivity index is 1.91. The molecule has 1 N–H and O–H groups in total. The number of nitrogens with one attached hydrogen (secondary N) is 1. The Labute approximate surface area is 113 Å². The first kappa shape index (κ1) is 15.9. The van der Waals surface area contributed by atoms with Crippen molar-refractivity contribution in [1.82, 2.24) is 5.32 Å². The van der Waals surface area contributed by atoms with E-state index in [1.54, 1.807) is 0 Å². The van der Waals surface area contributed by atoms with Gasteiger partial charge in [0.15, 0.2) is 0 Å². The van der Waals surface area contributed by atoms with Crippen LogP contribution in [-0.2, 0) is 9.47 Å². The van der Waals surface area contributed by atoms with Crippen LogP contribution in [0.5, 0.6) is 0 Å². The van der Waals surface area contributed by atoms with Crippen LogP contribution in [0.1, 0.15) is 58.8 Å². The van der Waals surface area contributed by atoms with Crippen LogP contribution >= 0.6 is 0 Å². The quantitative estimate of drug-likeness (QED) is 0.577. The summed E-state index contributed by atoms with van der Waals surface area (Å²) in [6, 6.07) is 0. The van der Waals surface area contributed by atoms with Crippen LogP contribution < -0.4 is 5.32 Å². The largest absolute Gasteiger partial charge is 0.379 e. The van der Waals surface area contributed by atoms with E-state index < -0.39 is 0 Å². The van der Waals surface area contributed by atoms with Crippen molar-refractivity contribution in [3.05, 3.63) is 0 Å². The molecule has 0 aromatic carbocycles. The molecule has 1 heterocycles. The van der Waals surface area contributed by atoms with Gasteiger partial charge in [0.2, 0.25) is 0 Å². The van der Waals surface area contributed by atoms with E-state index in [0.29, 0.717) is 12.2 Å². The molecular formula is C15H31NO2. The van der Waals surface area contributed by atoms with Gasteiger partial charge < -0.3 is 14.8 Å². The van der Waals surface area contributed by atoms with Crippen LogP contribution in [0.4, 0.5) is 0 Å². The minimum atomic E-state index is 0.338. The summed E-state index contributed by atoms with van der Waals surface area (Å²) < 4.78 is 11.6. The number of rotatable bonds is 11. The summed E-state index contributed by atoms with van der Waals surface area (Å²) in [6.45, 7) is 8.21. The Morgan fingerprint density at radius 1 is 1.06 bits per heavy atom. The molecule has 0 bridgehead atoms. The molecule has 18 heavy (non-hydrogen) atoms. The average Bonchev–Trinajstić information content (AvgIpc) is 2.82. The predicted octanol–water partition coefficient (Wildman–Crippen LogP) is 3.13. The smallest absolute Gasteiger partial charge is 0.0813 e. The third-order valence-corrected chi connectivity index (χ3v) is 3.44. The van der Waals surface area contributed by atoms with E-state index in [9.17, 15) is 0 Å². The second kappa shape index (κ2) is 10.8. The minimum Gasteiger partial charge on any atom is -0.379 e. The molecule has 0 spiro atoms. The van der Waals surface area contributed by atoms with Crippen molar-refractivity contribution in [2.45, 2.75) is 71.0 Å². The van der Waals surface area contributed by atoms with Crippen LogP contribution in [0.2, 0.25) is 0 Å². The Hall–Kier alpha value is -0.120. The van der Waals surface area contributed by atoms with E-state index in [-0.39, 0.29) is 0 Å². The summed E-state index contributed by atoms with van der Waals surface area (Å²) in [5.74, 6) is 0. The molecule has 0 aromatic rings. The molecule has 108 valence electrons. The maximum absolute atomic E-state index is 5.95. The van der Waals surface area contributed by atoms with Gasteiger partial charge in [-0.05, 0) is 32.2 Å². The molecule has 1 fully saturated rings. The van der Waals surface area contributed by atoms with Gasteiger partial charge in [-0.2, -0.15) is 0 Å². The van der Waals surface area contributed by atoms with Crippen LogP contribution in [0.3, 0.4) is 0 Å². The van der Waals surface area contributed by atoms with E-state index in [1.165, 1.54) is 38.5 Å². The summed E-state index contributed by atoms with van der Waals surface area (Å²) in [7, 11) is 0. The second-order valence-electron chi connectivity index (χ2n) is 5.30. The van der Waals surface area contributed by atoms with Crippen molar-refractivity contribution in [2.75, 3.05) is 26.3 Å². The van der Waals surface area contributed by atoms with Gasteiger partial charge in [0.1, 0.15) is 0 Å². The molecule has 2 atom stereocenters. The highest BCUT2D eigenvalue weighted by Crippen LogP contribution is 2.19. The van der Waals surface area contributed by atoms with Gasteiger partial charge in [-0.3, -0.25) is 0 Å². The fraction of sp³-hybridized carbons (Fsp3) is 1.00. The maximum Gasteiger partial charge on any atom is 0.0813 e. The summed E-state index contributed by atoms with van der Waals surface area (Å²) in [5, 5.41) is 3.42. The van der Waals surface area contributed by atoms with Gasteiger partial charge in [-0.15, -0.1) is 0 Å². The SMILES string of the molecule is CCCCCCOCC1CCC(CNCCC)O1. The third kappa shape index (κ3) is 7.34. The van der Waals surface area contributed by atoms with Gasteiger partial charge in [-0.25, -0.2) is 0 Å². The lowest BCUT2D eigenvalue weighted by atomic mass is 10.2. The van der Waals surface area contributed by atoms with Crippen molar-refractivity contribution in [3.8, 4) is 0 Å². The maximum atomic E-state index is 5.95. The van der Waals surface area contributed by atoms with E-state index >= 15 is 0 Å². The van der Waals surface area contributed by atoms with E-state index in [4.69, 9.17) is 9.47 Å². The van der Waals surface area contributed by atoms with Crippen molar-refractivity contribution >= 4 is 0 Å². The Bertz CT molecular complexity index is 187. The van der Waals surface area contributed by atoms with E-state index in [1.807, 2.05) is 0 Å². The van der Waals surface area contributed by atoms with Crippen molar-refractivity contribution in [3.63, 3.8) is 0 Å². The molecule has 0 radical (unpaired) electrons. The molecule has 0 amide bonds. The van der Waals surface area contributed by atoms with Crippen LogP contribution in [0.15, 0.2) is 0 Å². The predicted molar refractivity (Wildman–Crippen MR) is 76.0 cm³/mol. The molecule has 2 unspecified atom stereocenters. The summed E-state index contributed by atoms with van der Waals surface area (Å²) >= 11 is 0. The van der Waals surface area contributed by atoms with Crippen molar-refractivity contribution in [2.24, 2.45) is 0 Å². The number of hydrogen-bond donors (Lipinski definition) is 1. The normalized spacial score (nSPS) is 23.7. The Kier molecular flexibility index (Phi) is 9.54. The number of ether oxygens (including phenoxy) is 2. The lowest BCUT2D eigenvalue weighted by molar-refractivity contribution is -0.0149. The number of hydrogen-bond acceptors (Lipinski definition) is 3. The molecule has 1 aliphatic heterocycles. The first-order chi connectivity index (χ1) is 8.86. The highest BCUT2D eigenvalue weighted by Gasteiger charge is 2.24. The molecule has 1 aliphatic rings. The highest BCUT2D eigenvalue weighted by atomic mass is 16.5. The molecule has 3 heteroatoms. The molecule has 0 saturated carbocycles. The zero-order chi connectivity index (χ0) is 13.1. The van der Waals surface area contributed by atoms with Crippen molar-refractivity contribution in [1.29, 1.82) is 0 Å². The van der Waals surface area contributed by atoms with Gasteiger partial charge >= 0.3 is 0 Å². The third-order valence-electron chi connectivity index (χ3n) is 3.44. The summed E-state index contributed by atoms with van der Waals surface area (Å²) in [4.78, 5) is 0. The Morgan fingerprint density at radius 3 is 2.67 bits per heavy atom. The van der Waals surface area contributed by atoms with Crippen LogP contribution in [0.25, 0.3) is 0 Å². The fourth-order valence-electron chi connectivity index (χ4n) is 2.34. The monoisotopic (exact) mass is 257 g/mol. The zero-order valence-corrected chi connectivity index (χ0v) is 12.2. The van der Waals surface area contributed by atoms with E-state index in [0.717, 1.165) is 32.7 Å². The molecule has 0 aromatic heterocycles. The molecular weight excluding hydrogens is 226 g/mol. The highest BCUT2D eigenvalue weighted by molar-refractivity contribution is 4.75. The first-order valence-electron chi connectivity index (χ1n) is 7.80. The van der Waals surface area contributed by atoms with Crippen molar-refractivity contribution < 1.29 is 9.47 Å². The molecule has 1 rings (SSSR count). The van der Waals surface area contributed by atoms with Crippen LogP contribution in [-0.4, -0.2) is 38.5 Å². The van der Waals surface area contributed by atoms with Gasteiger partial charge in [0.25, 0.3) is 0 Å². The fourth-order valence-corrected chi connectivity index (χ4v) is 2.34. The van der Waals surface area contributed by atoms with Gasteiger partial charge in [0, 0.05) is 13.2 Å². The summed E-state index contributed by atoms with van der Waals surface area (Å²) in [5.41, 5.74) is 0. The van der Waals surface area contributed by atoms with Gasteiger partial charge in [0.05, 0.1) is 18.8 Å². The average molecular weight is 257 g/mol. The van der Waals surface area contributed by atoms with Crippen LogP contribution in [0, 0.1) is 0 Å². The zero-order valence-electron chi connectivity index (χ0n) is 12.2. The lowest BCUT2D eigenvalue weighted by Crippen LogP contribution is -2.28. The Morgan fingerprint density at radius 2 is 1.89 bits per heavy atom. The molecule has 1 saturated heterocycles. The molecule has 3 nitrogen and oxygen atoms in total.